The molecular weight excluding hydrogens is 350 g/mol. The molecule has 4 nitrogen and oxygen atoms in total. The lowest BCUT2D eigenvalue weighted by Crippen LogP contribution is -2.39. The largest absolute Gasteiger partial charge is 0.335 e. The first-order valence-corrected chi connectivity index (χ1v) is 6.94. The standard InChI is InChI=1S/C11H9Br2N3O/c1-16-9-5-4(11(16)13)2-3-15-8(5)6(12)7(14)10(9)17/h6,14H,2-3H2,1H3. The highest BCUT2D eigenvalue weighted by Crippen LogP contribution is 2.36. The second kappa shape index (κ2) is 3.62. The van der Waals surface area contributed by atoms with Crippen LogP contribution in [0, 0.1) is 5.41 Å². The summed E-state index contributed by atoms with van der Waals surface area (Å²) in [5.74, 6) is -0.211. The maximum atomic E-state index is 12.1. The van der Waals surface area contributed by atoms with E-state index in [1.165, 1.54) is 0 Å². The Morgan fingerprint density at radius 2 is 2.24 bits per heavy atom. The molecule has 6 heteroatoms. The van der Waals surface area contributed by atoms with Gasteiger partial charge in [-0.3, -0.25) is 15.2 Å². The Morgan fingerprint density at radius 3 is 2.94 bits per heavy atom. The fourth-order valence-electron chi connectivity index (χ4n) is 2.44. The zero-order chi connectivity index (χ0) is 12.3. The lowest BCUT2D eigenvalue weighted by molar-refractivity contribution is 0.105. The average molecular weight is 359 g/mol. The molecule has 0 bridgehead atoms. The van der Waals surface area contributed by atoms with Gasteiger partial charge in [-0.05, 0) is 27.9 Å². The molecule has 2 heterocycles. The van der Waals surface area contributed by atoms with E-state index in [1.54, 1.807) is 0 Å². The number of Topliss-reactive ketones (excluding diaryl/α,β-unsaturated/α-hetero) is 1. The predicted octanol–water partition coefficient (Wildman–Crippen LogP) is 2.11. The third-order valence-electron chi connectivity index (χ3n) is 3.27. The first-order valence-electron chi connectivity index (χ1n) is 5.23. The second-order valence-corrected chi connectivity index (χ2v) is 5.84. The molecule has 3 rings (SSSR count). The summed E-state index contributed by atoms with van der Waals surface area (Å²) in [5, 5.41) is 7.86. The van der Waals surface area contributed by atoms with E-state index in [0.717, 1.165) is 27.9 Å². The molecule has 0 spiro atoms. The first-order chi connectivity index (χ1) is 8.04. The Labute approximate surface area is 115 Å². The van der Waals surface area contributed by atoms with Crippen molar-refractivity contribution in [3.8, 4) is 0 Å². The Balaban J connectivity index is 2.41. The van der Waals surface area contributed by atoms with Gasteiger partial charge in [0.25, 0.3) is 0 Å². The maximum absolute atomic E-state index is 12.1. The van der Waals surface area contributed by atoms with Gasteiger partial charge in [0.05, 0.1) is 10.3 Å². The summed E-state index contributed by atoms with van der Waals surface area (Å²) in [7, 11) is 1.84. The van der Waals surface area contributed by atoms with Crippen LogP contribution in [0.25, 0.3) is 0 Å². The number of aromatic nitrogens is 1. The minimum atomic E-state index is -0.365. The van der Waals surface area contributed by atoms with Gasteiger partial charge in [0.2, 0.25) is 5.78 Å². The fourth-order valence-corrected chi connectivity index (χ4v) is 3.59. The molecule has 0 amide bonds. The van der Waals surface area contributed by atoms with Gasteiger partial charge in [0, 0.05) is 19.2 Å². The van der Waals surface area contributed by atoms with Crippen LogP contribution in [0.5, 0.6) is 0 Å². The molecular formula is C11H9Br2N3O. The molecule has 0 saturated heterocycles. The molecule has 1 unspecified atom stereocenters. The topological polar surface area (TPSA) is 58.2 Å². The number of halogens is 2. The second-order valence-electron chi connectivity index (χ2n) is 4.17. The molecule has 17 heavy (non-hydrogen) atoms. The third-order valence-corrected chi connectivity index (χ3v) is 5.17. The van der Waals surface area contributed by atoms with Crippen LogP contribution >= 0.6 is 31.9 Å². The number of hydrogen-bond acceptors (Lipinski definition) is 3. The third kappa shape index (κ3) is 1.31. The molecule has 1 aliphatic heterocycles. The minimum Gasteiger partial charge on any atom is -0.335 e. The molecule has 1 aromatic heterocycles. The van der Waals surface area contributed by atoms with Crippen molar-refractivity contribution in [3.63, 3.8) is 0 Å². The molecule has 2 aliphatic rings. The number of carbonyl (C=O) groups is 1. The van der Waals surface area contributed by atoms with Crippen LogP contribution in [0.15, 0.2) is 9.60 Å². The van der Waals surface area contributed by atoms with Crippen LogP contribution < -0.4 is 0 Å². The monoisotopic (exact) mass is 357 g/mol. The van der Waals surface area contributed by atoms with Crippen LogP contribution in [0.3, 0.4) is 0 Å². The quantitative estimate of drug-likeness (QED) is 0.709. The Bertz CT molecular complexity index is 600. The van der Waals surface area contributed by atoms with Crippen LogP contribution in [0.4, 0.5) is 0 Å². The van der Waals surface area contributed by atoms with Crippen molar-refractivity contribution in [2.75, 3.05) is 6.54 Å². The van der Waals surface area contributed by atoms with Gasteiger partial charge < -0.3 is 4.57 Å². The van der Waals surface area contributed by atoms with E-state index >= 15 is 0 Å². The summed E-state index contributed by atoms with van der Waals surface area (Å²) in [6, 6.07) is 0. The van der Waals surface area contributed by atoms with Crippen molar-refractivity contribution < 1.29 is 4.79 Å². The summed E-state index contributed by atoms with van der Waals surface area (Å²) in [6.07, 6.45) is 0.841. The average Bonchev–Trinajstić information content (AvgIpc) is 2.58. The first kappa shape index (κ1) is 11.3. The molecule has 0 aromatic carbocycles. The molecule has 0 radical (unpaired) electrons. The van der Waals surface area contributed by atoms with Gasteiger partial charge >= 0.3 is 0 Å². The Morgan fingerprint density at radius 1 is 1.53 bits per heavy atom. The van der Waals surface area contributed by atoms with Gasteiger partial charge in [-0.15, -0.1) is 0 Å². The number of carbonyl (C=O) groups excluding carboxylic acids is 1. The van der Waals surface area contributed by atoms with E-state index in [9.17, 15) is 4.79 Å². The van der Waals surface area contributed by atoms with E-state index in [0.29, 0.717) is 12.2 Å². The summed E-state index contributed by atoms with van der Waals surface area (Å²) < 4.78 is 2.75. The van der Waals surface area contributed by atoms with E-state index in [1.807, 2.05) is 11.6 Å². The highest BCUT2D eigenvalue weighted by Gasteiger charge is 2.40. The smallest absolute Gasteiger partial charge is 0.225 e. The van der Waals surface area contributed by atoms with Crippen molar-refractivity contribution in [3.05, 3.63) is 21.4 Å². The molecule has 1 atom stereocenters. The number of nitrogens with zero attached hydrogens (tertiary/aromatic N) is 2. The normalized spacial score (nSPS) is 22.5. The fraction of sp³-hybridized carbons (Fsp3) is 0.364. The van der Waals surface area contributed by atoms with Gasteiger partial charge in [-0.2, -0.15) is 0 Å². The highest BCUT2D eigenvalue weighted by molar-refractivity contribution is 9.10. The van der Waals surface area contributed by atoms with Crippen molar-refractivity contribution in [1.82, 2.24) is 4.57 Å². The summed E-state index contributed by atoms with van der Waals surface area (Å²) >= 11 is 6.91. The number of ketones is 1. The molecule has 88 valence electrons. The number of hydrogen-bond donors (Lipinski definition) is 1. The van der Waals surface area contributed by atoms with E-state index in [-0.39, 0.29) is 16.3 Å². The van der Waals surface area contributed by atoms with Crippen molar-refractivity contribution in [2.45, 2.75) is 11.2 Å². The van der Waals surface area contributed by atoms with Crippen LogP contribution in [0.1, 0.15) is 21.6 Å². The van der Waals surface area contributed by atoms with Gasteiger partial charge in [0.1, 0.15) is 16.2 Å². The Kier molecular flexibility index (Phi) is 2.42. The van der Waals surface area contributed by atoms with Crippen molar-refractivity contribution in [1.29, 1.82) is 5.41 Å². The van der Waals surface area contributed by atoms with Crippen molar-refractivity contribution >= 4 is 49.1 Å². The van der Waals surface area contributed by atoms with Gasteiger partial charge in [-0.1, -0.05) is 15.9 Å². The molecule has 1 N–H and O–H groups in total. The number of nitrogens with one attached hydrogen (secondary N) is 1. The molecule has 1 aliphatic carbocycles. The predicted molar refractivity (Wildman–Crippen MR) is 73.0 cm³/mol. The van der Waals surface area contributed by atoms with Crippen LogP contribution in [-0.4, -0.2) is 33.1 Å². The van der Waals surface area contributed by atoms with Crippen molar-refractivity contribution in [2.24, 2.45) is 12.0 Å². The van der Waals surface area contributed by atoms with Gasteiger partial charge in [-0.25, -0.2) is 0 Å². The number of aliphatic imine (C=N–C) groups is 1. The van der Waals surface area contributed by atoms with Gasteiger partial charge in [0.15, 0.2) is 0 Å². The molecule has 1 aromatic rings. The number of alkyl halides is 1. The van der Waals surface area contributed by atoms with E-state index < -0.39 is 0 Å². The van der Waals surface area contributed by atoms with Crippen LogP contribution in [-0.2, 0) is 13.5 Å². The van der Waals surface area contributed by atoms with E-state index in [4.69, 9.17) is 5.41 Å². The molecule has 0 fully saturated rings. The van der Waals surface area contributed by atoms with Crippen LogP contribution in [0.2, 0.25) is 0 Å². The zero-order valence-corrected chi connectivity index (χ0v) is 12.2. The Hall–Kier alpha value is -0.750. The summed E-state index contributed by atoms with van der Waals surface area (Å²) in [6.45, 7) is 0.716. The lowest BCUT2D eigenvalue weighted by Gasteiger charge is -2.24. The zero-order valence-electron chi connectivity index (χ0n) is 9.05. The highest BCUT2D eigenvalue weighted by atomic mass is 79.9. The van der Waals surface area contributed by atoms with E-state index in [2.05, 4.69) is 36.9 Å². The maximum Gasteiger partial charge on any atom is 0.225 e. The number of rotatable bonds is 0. The summed E-state index contributed by atoms with van der Waals surface area (Å²) in [5.41, 5.74) is 3.54. The lowest BCUT2D eigenvalue weighted by atomic mass is 9.88. The molecule has 0 saturated carbocycles. The summed E-state index contributed by atoms with van der Waals surface area (Å²) in [4.78, 5) is 16.2. The SMILES string of the molecule is Cn1c(Br)c2c3c1C(=O)C(=N)C(Br)C3=NCC2. The minimum absolute atomic E-state index is 0.0674.